The van der Waals surface area contributed by atoms with Crippen LogP contribution >= 0.6 is 0 Å². The van der Waals surface area contributed by atoms with Crippen LogP contribution in [0, 0.1) is 11.8 Å². The van der Waals surface area contributed by atoms with Crippen molar-refractivity contribution in [1.82, 2.24) is 0 Å². The standard InChI is InChI=1S/C6H7FO/c7-6-3-1-2-4(8)5(3)6/h3,5-6H,1-2H2/t3-,5-,6-/m0/s1. The average molecular weight is 114 g/mol. The molecule has 2 rings (SSSR count). The summed E-state index contributed by atoms with van der Waals surface area (Å²) in [6, 6.07) is 0. The molecule has 0 aromatic heterocycles. The number of carbonyl (C=O) groups is 1. The van der Waals surface area contributed by atoms with Gasteiger partial charge in [0.25, 0.3) is 0 Å². The van der Waals surface area contributed by atoms with Crippen molar-refractivity contribution in [3.63, 3.8) is 0 Å². The Balaban J connectivity index is 2.18. The molecule has 0 aromatic carbocycles. The van der Waals surface area contributed by atoms with Gasteiger partial charge in [0, 0.05) is 12.3 Å². The fourth-order valence-corrected chi connectivity index (χ4v) is 1.56. The molecule has 0 spiro atoms. The Kier molecular flexibility index (Phi) is 0.626. The highest BCUT2D eigenvalue weighted by molar-refractivity contribution is 5.87. The molecule has 3 atom stereocenters. The third kappa shape index (κ3) is 0.343. The van der Waals surface area contributed by atoms with Crippen molar-refractivity contribution in [2.24, 2.45) is 11.8 Å². The molecular weight excluding hydrogens is 107 g/mol. The number of fused-ring (bicyclic) bond motifs is 1. The molecule has 0 amide bonds. The third-order valence-electron chi connectivity index (χ3n) is 2.17. The second-order valence-corrected chi connectivity index (χ2v) is 2.64. The van der Waals surface area contributed by atoms with E-state index in [1.54, 1.807) is 0 Å². The molecule has 0 unspecified atom stereocenters. The zero-order valence-electron chi connectivity index (χ0n) is 4.43. The molecule has 0 radical (unpaired) electrons. The van der Waals surface area contributed by atoms with E-state index in [4.69, 9.17) is 0 Å². The van der Waals surface area contributed by atoms with Crippen molar-refractivity contribution >= 4 is 5.78 Å². The number of rotatable bonds is 0. The predicted molar refractivity (Wildman–Crippen MR) is 26.1 cm³/mol. The minimum absolute atomic E-state index is 0.141. The number of Topliss-reactive ketones (excluding diaryl/α,β-unsaturated/α-hetero) is 1. The molecule has 0 heterocycles. The fraction of sp³-hybridized carbons (Fsp3) is 0.833. The van der Waals surface area contributed by atoms with E-state index in [-0.39, 0.29) is 17.6 Å². The summed E-state index contributed by atoms with van der Waals surface area (Å²) in [5.41, 5.74) is 0. The second kappa shape index (κ2) is 1.12. The lowest BCUT2D eigenvalue weighted by Gasteiger charge is -1.87. The van der Waals surface area contributed by atoms with Gasteiger partial charge in [-0.15, -0.1) is 0 Å². The fourth-order valence-electron chi connectivity index (χ4n) is 1.56. The molecule has 1 nitrogen and oxygen atoms in total. The summed E-state index contributed by atoms with van der Waals surface area (Å²) in [6.07, 6.45) is 0.691. The Bertz CT molecular complexity index is 143. The number of ketones is 1. The largest absolute Gasteiger partial charge is 0.299 e. The van der Waals surface area contributed by atoms with Gasteiger partial charge in [-0.05, 0) is 6.42 Å². The maximum atomic E-state index is 12.3. The SMILES string of the molecule is O=C1CC[C@@H]2[C@H](F)[C@H]12. The maximum Gasteiger partial charge on any atom is 0.139 e. The number of hydrogen-bond acceptors (Lipinski definition) is 1. The van der Waals surface area contributed by atoms with Gasteiger partial charge in [-0.3, -0.25) is 4.79 Å². The Hall–Kier alpha value is -0.400. The zero-order valence-corrected chi connectivity index (χ0v) is 4.43. The third-order valence-corrected chi connectivity index (χ3v) is 2.17. The van der Waals surface area contributed by atoms with Crippen LogP contribution in [0.1, 0.15) is 12.8 Å². The highest BCUT2D eigenvalue weighted by Gasteiger charge is 2.58. The van der Waals surface area contributed by atoms with Gasteiger partial charge >= 0.3 is 0 Å². The summed E-state index contributed by atoms with van der Waals surface area (Å²) in [4.78, 5) is 10.6. The van der Waals surface area contributed by atoms with E-state index in [2.05, 4.69) is 0 Å². The molecule has 2 saturated carbocycles. The molecule has 0 aromatic rings. The minimum atomic E-state index is -0.753. The smallest absolute Gasteiger partial charge is 0.139 e. The van der Waals surface area contributed by atoms with Crippen LogP contribution in [0.3, 0.4) is 0 Å². The van der Waals surface area contributed by atoms with Crippen LogP contribution < -0.4 is 0 Å². The van der Waals surface area contributed by atoms with E-state index in [1.807, 2.05) is 0 Å². The van der Waals surface area contributed by atoms with Crippen LogP contribution in [-0.4, -0.2) is 12.0 Å². The van der Waals surface area contributed by atoms with Crippen molar-refractivity contribution in [2.75, 3.05) is 0 Å². The molecule has 2 heteroatoms. The molecule has 0 aliphatic heterocycles. The number of hydrogen-bond donors (Lipinski definition) is 0. The van der Waals surface area contributed by atoms with Gasteiger partial charge in [0.1, 0.15) is 12.0 Å². The zero-order chi connectivity index (χ0) is 5.72. The number of carbonyl (C=O) groups excluding carboxylic acids is 1. The first-order valence-corrected chi connectivity index (χ1v) is 2.97. The molecule has 2 fully saturated rings. The Labute approximate surface area is 46.9 Å². The van der Waals surface area contributed by atoms with Crippen LogP contribution in [0.2, 0.25) is 0 Å². The van der Waals surface area contributed by atoms with Crippen molar-refractivity contribution in [3.8, 4) is 0 Å². The summed E-state index contributed by atoms with van der Waals surface area (Å²) in [5.74, 6) is 0.139. The maximum absolute atomic E-state index is 12.3. The van der Waals surface area contributed by atoms with Gasteiger partial charge in [-0.1, -0.05) is 0 Å². The lowest BCUT2D eigenvalue weighted by atomic mass is 10.2. The summed E-state index contributed by atoms with van der Waals surface area (Å²) in [6.45, 7) is 0. The van der Waals surface area contributed by atoms with Crippen LogP contribution in [0.15, 0.2) is 0 Å². The average Bonchev–Trinajstić information content (AvgIpc) is 2.13. The van der Waals surface area contributed by atoms with E-state index < -0.39 is 6.17 Å². The second-order valence-electron chi connectivity index (χ2n) is 2.64. The van der Waals surface area contributed by atoms with E-state index in [0.717, 1.165) is 6.42 Å². The van der Waals surface area contributed by atoms with E-state index in [1.165, 1.54) is 0 Å². The Morgan fingerprint density at radius 3 is 2.62 bits per heavy atom. The lowest BCUT2D eigenvalue weighted by Crippen LogP contribution is -1.98. The lowest BCUT2D eigenvalue weighted by molar-refractivity contribution is -0.119. The van der Waals surface area contributed by atoms with Gasteiger partial charge in [0.05, 0.1) is 5.92 Å². The monoisotopic (exact) mass is 114 g/mol. The molecule has 0 bridgehead atoms. The molecule has 2 aliphatic carbocycles. The highest BCUT2D eigenvalue weighted by Crippen LogP contribution is 2.51. The van der Waals surface area contributed by atoms with Crippen molar-refractivity contribution in [2.45, 2.75) is 19.0 Å². The van der Waals surface area contributed by atoms with E-state index in [9.17, 15) is 9.18 Å². The minimum Gasteiger partial charge on any atom is -0.299 e. The van der Waals surface area contributed by atoms with Gasteiger partial charge in [-0.25, -0.2) is 4.39 Å². The molecule has 0 saturated heterocycles. The van der Waals surface area contributed by atoms with E-state index >= 15 is 0 Å². The summed E-state index contributed by atoms with van der Waals surface area (Å²) in [5, 5.41) is 0. The first-order chi connectivity index (χ1) is 3.80. The van der Waals surface area contributed by atoms with Gasteiger partial charge in [0.2, 0.25) is 0 Å². The van der Waals surface area contributed by atoms with Crippen LogP contribution in [-0.2, 0) is 4.79 Å². The highest BCUT2D eigenvalue weighted by atomic mass is 19.1. The first-order valence-electron chi connectivity index (χ1n) is 2.97. The number of halogens is 1. The van der Waals surface area contributed by atoms with E-state index in [0.29, 0.717) is 6.42 Å². The number of alkyl halides is 1. The predicted octanol–water partition coefficient (Wildman–Crippen LogP) is 0.933. The topological polar surface area (TPSA) is 17.1 Å². The van der Waals surface area contributed by atoms with Crippen LogP contribution in [0.4, 0.5) is 4.39 Å². The molecule has 8 heavy (non-hydrogen) atoms. The molecular formula is C6H7FO. The summed E-state index contributed by atoms with van der Waals surface area (Å²) < 4.78 is 12.3. The molecule has 2 aliphatic rings. The van der Waals surface area contributed by atoms with Gasteiger partial charge < -0.3 is 0 Å². The molecule has 44 valence electrons. The van der Waals surface area contributed by atoms with Crippen molar-refractivity contribution in [1.29, 1.82) is 0 Å². The molecule has 0 N–H and O–H groups in total. The van der Waals surface area contributed by atoms with Gasteiger partial charge in [-0.2, -0.15) is 0 Å². The van der Waals surface area contributed by atoms with Gasteiger partial charge in [0.15, 0.2) is 0 Å². The van der Waals surface area contributed by atoms with Crippen LogP contribution in [0.5, 0.6) is 0 Å². The normalized spacial score (nSPS) is 51.6. The summed E-state index contributed by atoms with van der Waals surface area (Å²) >= 11 is 0. The van der Waals surface area contributed by atoms with Crippen molar-refractivity contribution < 1.29 is 9.18 Å². The van der Waals surface area contributed by atoms with Crippen molar-refractivity contribution in [3.05, 3.63) is 0 Å². The Morgan fingerprint density at radius 2 is 2.38 bits per heavy atom. The summed E-state index contributed by atoms with van der Waals surface area (Å²) in [7, 11) is 0. The van der Waals surface area contributed by atoms with Crippen LogP contribution in [0.25, 0.3) is 0 Å². The quantitative estimate of drug-likeness (QED) is 0.458. The Morgan fingerprint density at radius 1 is 1.62 bits per heavy atom. The first kappa shape index (κ1) is 4.48.